The van der Waals surface area contributed by atoms with E-state index in [1.807, 2.05) is 6.92 Å². The Morgan fingerprint density at radius 1 is 1.50 bits per heavy atom. The topological polar surface area (TPSA) is 62.4 Å². The van der Waals surface area contributed by atoms with Gasteiger partial charge in [0, 0.05) is 19.7 Å². The Bertz CT molecular complexity index is 169. The second kappa shape index (κ2) is 6.62. The smallest absolute Gasteiger partial charge is 0.315 e. The Balaban J connectivity index is 1.98. The normalized spacial score (nSPS) is 20.8. The molecule has 0 aromatic heterocycles. The second-order valence-electron chi connectivity index (χ2n) is 3.31. The first-order valence-corrected chi connectivity index (χ1v) is 5.15. The molecule has 1 heterocycles. The Hall–Kier alpha value is -0.810. The molecule has 0 bridgehead atoms. The third-order valence-electron chi connectivity index (χ3n) is 2.10. The summed E-state index contributed by atoms with van der Waals surface area (Å²) in [5, 5.41) is 8.76. The number of urea groups is 1. The molecule has 2 amide bonds. The minimum Gasteiger partial charge on any atom is -0.379 e. The lowest BCUT2D eigenvalue weighted by Gasteiger charge is -2.11. The highest BCUT2D eigenvalue weighted by Gasteiger charge is 2.16. The van der Waals surface area contributed by atoms with Crippen LogP contribution in [-0.4, -0.2) is 44.9 Å². The van der Waals surface area contributed by atoms with E-state index in [1.165, 1.54) is 0 Å². The number of hydrogen-bond acceptors (Lipinski definition) is 3. The van der Waals surface area contributed by atoms with Gasteiger partial charge in [-0.25, -0.2) is 4.79 Å². The van der Waals surface area contributed by atoms with Gasteiger partial charge in [-0.05, 0) is 13.0 Å². The molecule has 1 unspecified atom stereocenters. The molecule has 1 aliphatic rings. The van der Waals surface area contributed by atoms with E-state index in [9.17, 15) is 4.79 Å². The molecule has 0 aliphatic carbocycles. The summed E-state index contributed by atoms with van der Waals surface area (Å²) in [5.41, 5.74) is 0. The minimum atomic E-state index is -0.0987. The van der Waals surface area contributed by atoms with E-state index in [1.54, 1.807) is 0 Å². The summed E-state index contributed by atoms with van der Waals surface area (Å²) in [6.07, 6.45) is 0.917. The first-order chi connectivity index (χ1) is 6.83. The maximum Gasteiger partial charge on any atom is 0.315 e. The SMILES string of the molecule is CCNCCNC(=O)NC1CCOC1. The zero-order chi connectivity index (χ0) is 10.2. The maximum absolute atomic E-state index is 11.3. The molecule has 82 valence electrons. The molecule has 0 aromatic carbocycles. The monoisotopic (exact) mass is 201 g/mol. The molecule has 0 spiro atoms. The highest BCUT2D eigenvalue weighted by molar-refractivity contribution is 5.74. The van der Waals surface area contributed by atoms with Crippen LogP contribution in [0.1, 0.15) is 13.3 Å². The highest BCUT2D eigenvalue weighted by Crippen LogP contribution is 2.02. The Morgan fingerprint density at radius 3 is 3.00 bits per heavy atom. The van der Waals surface area contributed by atoms with Gasteiger partial charge in [0.2, 0.25) is 0 Å². The van der Waals surface area contributed by atoms with Crippen LogP contribution >= 0.6 is 0 Å². The summed E-state index contributed by atoms with van der Waals surface area (Å²) in [4.78, 5) is 11.3. The van der Waals surface area contributed by atoms with Crippen molar-refractivity contribution in [1.82, 2.24) is 16.0 Å². The van der Waals surface area contributed by atoms with Crippen LogP contribution in [0.4, 0.5) is 4.79 Å². The lowest BCUT2D eigenvalue weighted by atomic mass is 10.3. The van der Waals surface area contributed by atoms with Gasteiger partial charge in [0.25, 0.3) is 0 Å². The van der Waals surface area contributed by atoms with E-state index in [2.05, 4.69) is 16.0 Å². The minimum absolute atomic E-state index is 0.0987. The molecule has 1 fully saturated rings. The largest absolute Gasteiger partial charge is 0.379 e. The number of carbonyl (C=O) groups is 1. The third-order valence-corrected chi connectivity index (χ3v) is 2.10. The summed E-state index contributed by atoms with van der Waals surface area (Å²) in [7, 11) is 0. The van der Waals surface area contributed by atoms with Crippen molar-refractivity contribution in [1.29, 1.82) is 0 Å². The van der Waals surface area contributed by atoms with Gasteiger partial charge in [-0.3, -0.25) is 0 Å². The molecular weight excluding hydrogens is 182 g/mol. The van der Waals surface area contributed by atoms with Crippen LogP contribution in [-0.2, 0) is 4.74 Å². The van der Waals surface area contributed by atoms with Gasteiger partial charge < -0.3 is 20.7 Å². The molecule has 1 rings (SSSR count). The molecule has 1 aliphatic heterocycles. The van der Waals surface area contributed by atoms with Crippen molar-refractivity contribution in [2.75, 3.05) is 32.8 Å². The van der Waals surface area contributed by atoms with Gasteiger partial charge in [0.05, 0.1) is 12.6 Å². The number of amides is 2. The average Bonchev–Trinajstić information content (AvgIpc) is 2.65. The molecule has 3 N–H and O–H groups in total. The first-order valence-electron chi connectivity index (χ1n) is 5.15. The van der Waals surface area contributed by atoms with E-state index in [0.29, 0.717) is 13.2 Å². The van der Waals surface area contributed by atoms with Crippen molar-refractivity contribution in [2.45, 2.75) is 19.4 Å². The van der Waals surface area contributed by atoms with Gasteiger partial charge in [0.15, 0.2) is 0 Å². The first kappa shape index (κ1) is 11.3. The van der Waals surface area contributed by atoms with E-state index in [0.717, 1.165) is 26.1 Å². The maximum atomic E-state index is 11.3. The number of likely N-dealkylation sites (N-methyl/N-ethyl adjacent to an activating group) is 1. The Kier molecular flexibility index (Phi) is 5.32. The fourth-order valence-corrected chi connectivity index (χ4v) is 1.33. The summed E-state index contributed by atoms with van der Waals surface area (Å²) < 4.78 is 5.15. The number of rotatable bonds is 5. The van der Waals surface area contributed by atoms with E-state index < -0.39 is 0 Å². The molecule has 1 saturated heterocycles. The number of ether oxygens (including phenoxy) is 1. The zero-order valence-corrected chi connectivity index (χ0v) is 8.64. The fraction of sp³-hybridized carbons (Fsp3) is 0.889. The van der Waals surface area contributed by atoms with Crippen molar-refractivity contribution >= 4 is 6.03 Å². The lowest BCUT2D eigenvalue weighted by molar-refractivity contribution is 0.188. The summed E-state index contributed by atoms with van der Waals surface area (Å²) in [6.45, 7) is 5.83. The molecule has 5 heteroatoms. The van der Waals surface area contributed by atoms with Crippen molar-refractivity contribution in [2.24, 2.45) is 0 Å². The van der Waals surface area contributed by atoms with Gasteiger partial charge >= 0.3 is 6.03 Å². The highest BCUT2D eigenvalue weighted by atomic mass is 16.5. The Morgan fingerprint density at radius 2 is 2.36 bits per heavy atom. The molecule has 14 heavy (non-hydrogen) atoms. The molecular formula is C9H19N3O2. The van der Waals surface area contributed by atoms with Gasteiger partial charge in [0.1, 0.15) is 0 Å². The number of nitrogens with one attached hydrogen (secondary N) is 3. The van der Waals surface area contributed by atoms with Crippen LogP contribution in [0.3, 0.4) is 0 Å². The van der Waals surface area contributed by atoms with Crippen molar-refractivity contribution < 1.29 is 9.53 Å². The standard InChI is InChI=1S/C9H19N3O2/c1-2-10-4-5-11-9(13)12-8-3-6-14-7-8/h8,10H,2-7H2,1H3,(H2,11,12,13). The average molecular weight is 201 g/mol. The molecule has 1 atom stereocenters. The van der Waals surface area contributed by atoms with Crippen LogP contribution in [0.25, 0.3) is 0 Å². The zero-order valence-electron chi connectivity index (χ0n) is 8.64. The van der Waals surface area contributed by atoms with Crippen molar-refractivity contribution in [3.8, 4) is 0 Å². The Labute approximate surface area is 84.6 Å². The summed E-state index contributed by atoms with van der Waals surface area (Å²) >= 11 is 0. The lowest BCUT2D eigenvalue weighted by Crippen LogP contribution is -2.44. The van der Waals surface area contributed by atoms with Gasteiger partial charge in [-0.1, -0.05) is 6.92 Å². The summed E-state index contributed by atoms with van der Waals surface area (Å²) in [6, 6.07) is 0.0903. The van der Waals surface area contributed by atoms with Gasteiger partial charge in [-0.15, -0.1) is 0 Å². The third kappa shape index (κ3) is 4.43. The van der Waals surface area contributed by atoms with Crippen LogP contribution in [0.15, 0.2) is 0 Å². The number of hydrogen-bond donors (Lipinski definition) is 3. The van der Waals surface area contributed by atoms with E-state index >= 15 is 0 Å². The van der Waals surface area contributed by atoms with Crippen LogP contribution < -0.4 is 16.0 Å². The fourth-order valence-electron chi connectivity index (χ4n) is 1.33. The van der Waals surface area contributed by atoms with Crippen molar-refractivity contribution in [3.05, 3.63) is 0 Å². The van der Waals surface area contributed by atoms with Crippen LogP contribution in [0, 0.1) is 0 Å². The second-order valence-corrected chi connectivity index (χ2v) is 3.31. The predicted octanol–water partition coefficient (Wildman–Crippen LogP) is -0.316. The predicted molar refractivity (Wildman–Crippen MR) is 54.3 cm³/mol. The van der Waals surface area contributed by atoms with Crippen LogP contribution in [0.5, 0.6) is 0 Å². The quantitative estimate of drug-likeness (QED) is 0.534. The van der Waals surface area contributed by atoms with Crippen molar-refractivity contribution in [3.63, 3.8) is 0 Å². The van der Waals surface area contributed by atoms with E-state index in [4.69, 9.17) is 4.74 Å². The van der Waals surface area contributed by atoms with Gasteiger partial charge in [-0.2, -0.15) is 0 Å². The number of carbonyl (C=O) groups excluding carboxylic acids is 1. The molecule has 0 radical (unpaired) electrons. The molecule has 0 saturated carbocycles. The summed E-state index contributed by atoms with van der Waals surface area (Å²) in [5.74, 6) is 0. The molecule has 0 aromatic rings. The van der Waals surface area contributed by atoms with E-state index in [-0.39, 0.29) is 12.1 Å². The van der Waals surface area contributed by atoms with Crippen LogP contribution in [0.2, 0.25) is 0 Å². The molecule has 5 nitrogen and oxygen atoms in total.